The summed E-state index contributed by atoms with van der Waals surface area (Å²) in [5.41, 5.74) is 0.1000. The van der Waals surface area contributed by atoms with Gasteiger partial charge in [-0.2, -0.15) is 0 Å². The van der Waals surface area contributed by atoms with Crippen molar-refractivity contribution < 1.29 is 9.84 Å². The molecule has 0 aliphatic carbocycles. The first-order valence-corrected chi connectivity index (χ1v) is 6.54. The summed E-state index contributed by atoms with van der Waals surface area (Å²) in [6.45, 7) is 9.08. The largest absolute Gasteiger partial charge is 0.389 e. The van der Waals surface area contributed by atoms with Crippen molar-refractivity contribution in [3.05, 3.63) is 0 Å². The highest BCUT2D eigenvalue weighted by Crippen LogP contribution is 2.07. The summed E-state index contributed by atoms with van der Waals surface area (Å²) < 4.78 is 5.37. The van der Waals surface area contributed by atoms with Gasteiger partial charge in [0.2, 0.25) is 0 Å². The SMILES string of the molecule is CCCCOCC(O)CNCC(C)(C)N(C)C. The number of aliphatic hydroxyl groups is 1. The van der Waals surface area contributed by atoms with Crippen molar-refractivity contribution in [1.29, 1.82) is 0 Å². The van der Waals surface area contributed by atoms with Crippen LogP contribution in [0.5, 0.6) is 0 Å². The van der Waals surface area contributed by atoms with Gasteiger partial charge in [-0.1, -0.05) is 13.3 Å². The smallest absolute Gasteiger partial charge is 0.0897 e. The number of hydrogen-bond donors (Lipinski definition) is 2. The van der Waals surface area contributed by atoms with Crippen molar-refractivity contribution in [3.8, 4) is 0 Å². The quantitative estimate of drug-likeness (QED) is 0.567. The zero-order valence-corrected chi connectivity index (χ0v) is 12.1. The van der Waals surface area contributed by atoms with Gasteiger partial charge in [0.25, 0.3) is 0 Å². The van der Waals surface area contributed by atoms with Gasteiger partial charge in [-0.05, 0) is 34.4 Å². The zero-order valence-electron chi connectivity index (χ0n) is 12.1. The molecule has 2 N–H and O–H groups in total. The van der Waals surface area contributed by atoms with E-state index in [2.05, 4.69) is 45.1 Å². The van der Waals surface area contributed by atoms with Gasteiger partial charge in [0.15, 0.2) is 0 Å². The average Bonchev–Trinajstić information content (AvgIpc) is 2.24. The van der Waals surface area contributed by atoms with Gasteiger partial charge in [0.05, 0.1) is 12.7 Å². The predicted molar refractivity (Wildman–Crippen MR) is 72.4 cm³/mol. The lowest BCUT2D eigenvalue weighted by atomic mass is 10.0. The Hall–Kier alpha value is -0.160. The molecule has 0 amide bonds. The van der Waals surface area contributed by atoms with E-state index in [9.17, 15) is 5.11 Å². The molecule has 0 aromatic carbocycles. The Morgan fingerprint density at radius 2 is 2.00 bits per heavy atom. The highest BCUT2D eigenvalue weighted by atomic mass is 16.5. The second kappa shape index (κ2) is 8.86. The number of rotatable bonds is 10. The van der Waals surface area contributed by atoms with Crippen molar-refractivity contribution in [3.63, 3.8) is 0 Å². The molecule has 0 radical (unpaired) electrons. The van der Waals surface area contributed by atoms with Crippen molar-refractivity contribution in [2.75, 3.05) is 40.4 Å². The Bertz CT molecular complexity index is 184. The summed E-state index contributed by atoms with van der Waals surface area (Å²) in [6.07, 6.45) is 1.78. The normalized spacial score (nSPS) is 14.3. The molecule has 1 atom stereocenters. The van der Waals surface area contributed by atoms with Crippen LogP contribution in [0.4, 0.5) is 0 Å². The van der Waals surface area contributed by atoms with E-state index >= 15 is 0 Å². The Labute approximate surface area is 106 Å². The second-order valence-electron chi connectivity index (χ2n) is 5.42. The van der Waals surface area contributed by atoms with E-state index in [-0.39, 0.29) is 5.54 Å². The van der Waals surface area contributed by atoms with Gasteiger partial charge in [-0.15, -0.1) is 0 Å². The van der Waals surface area contributed by atoms with Gasteiger partial charge in [-0.3, -0.25) is 0 Å². The number of nitrogens with one attached hydrogen (secondary N) is 1. The molecule has 0 spiro atoms. The maximum atomic E-state index is 9.68. The number of hydrogen-bond acceptors (Lipinski definition) is 4. The van der Waals surface area contributed by atoms with Crippen LogP contribution in [-0.2, 0) is 4.74 Å². The Balaban J connectivity index is 3.54. The number of nitrogens with zero attached hydrogens (tertiary/aromatic N) is 1. The van der Waals surface area contributed by atoms with Crippen molar-refractivity contribution in [2.24, 2.45) is 0 Å². The molecule has 1 unspecified atom stereocenters. The highest BCUT2D eigenvalue weighted by molar-refractivity contribution is 4.80. The van der Waals surface area contributed by atoms with E-state index in [1.54, 1.807) is 0 Å². The Kier molecular flexibility index (Phi) is 8.78. The first-order chi connectivity index (χ1) is 7.90. The third kappa shape index (κ3) is 8.55. The van der Waals surface area contributed by atoms with Gasteiger partial charge in [0, 0.05) is 25.2 Å². The highest BCUT2D eigenvalue weighted by Gasteiger charge is 2.19. The lowest BCUT2D eigenvalue weighted by Gasteiger charge is -2.33. The predicted octanol–water partition coefficient (Wildman–Crippen LogP) is 1.09. The van der Waals surface area contributed by atoms with Crippen LogP contribution in [0.3, 0.4) is 0 Å². The molecule has 0 heterocycles. The zero-order chi connectivity index (χ0) is 13.3. The van der Waals surface area contributed by atoms with E-state index in [0.717, 1.165) is 26.0 Å². The minimum Gasteiger partial charge on any atom is -0.389 e. The molecular formula is C13H30N2O2. The second-order valence-corrected chi connectivity index (χ2v) is 5.42. The summed E-state index contributed by atoms with van der Waals surface area (Å²) >= 11 is 0. The third-order valence-corrected chi connectivity index (χ3v) is 3.10. The molecule has 0 aromatic heterocycles. The summed E-state index contributed by atoms with van der Waals surface area (Å²) in [4.78, 5) is 2.17. The molecule has 4 nitrogen and oxygen atoms in total. The summed E-state index contributed by atoms with van der Waals surface area (Å²) in [7, 11) is 4.12. The van der Waals surface area contributed by atoms with Crippen molar-refractivity contribution in [2.45, 2.75) is 45.3 Å². The van der Waals surface area contributed by atoms with Crippen LogP contribution < -0.4 is 5.32 Å². The van der Waals surface area contributed by atoms with Crippen LogP contribution in [0.2, 0.25) is 0 Å². The van der Waals surface area contributed by atoms with Gasteiger partial charge in [-0.25, -0.2) is 0 Å². The summed E-state index contributed by atoms with van der Waals surface area (Å²) in [5, 5.41) is 13.0. The Morgan fingerprint density at radius 1 is 1.35 bits per heavy atom. The maximum Gasteiger partial charge on any atom is 0.0897 e. The molecule has 0 bridgehead atoms. The molecule has 0 rings (SSSR count). The number of unbranched alkanes of at least 4 members (excludes halogenated alkanes) is 1. The van der Waals surface area contributed by atoms with Crippen LogP contribution in [0.15, 0.2) is 0 Å². The van der Waals surface area contributed by atoms with Crippen molar-refractivity contribution >= 4 is 0 Å². The first-order valence-electron chi connectivity index (χ1n) is 6.54. The molecule has 0 saturated carbocycles. The van der Waals surface area contributed by atoms with Gasteiger partial charge < -0.3 is 20.1 Å². The topological polar surface area (TPSA) is 44.7 Å². The summed E-state index contributed by atoms with van der Waals surface area (Å²) in [5.74, 6) is 0. The molecule has 0 aliphatic heterocycles. The monoisotopic (exact) mass is 246 g/mol. The third-order valence-electron chi connectivity index (χ3n) is 3.10. The van der Waals surface area contributed by atoms with E-state index in [1.807, 2.05) is 0 Å². The van der Waals surface area contributed by atoms with Crippen LogP contribution in [0, 0.1) is 0 Å². The first kappa shape index (κ1) is 16.8. The fourth-order valence-electron chi connectivity index (χ4n) is 1.23. The molecular weight excluding hydrogens is 216 g/mol. The Morgan fingerprint density at radius 3 is 2.53 bits per heavy atom. The van der Waals surface area contributed by atoms with Crippen molar-refractivity contribution in [1.82, 2.24) is 10.2 Å². The lowest BCUT2D eigenvalue weighted by Crippen LogP contribution is -2.48. The van der Waals surface area contributed by atoms with Crippen LogP contribution in [0.1, 0.15) is 33.6 Å². The molecule has 0 aromatic rings. The fourth-order valence-corrected chi connectivity index (χ4v) is 1.23. The molecule has 0 aliphatic rings. The number of ether oxygens (including phenoxy) is 1. The number of aliphatic hydroxyl groups excluding tert-OH is 1. The van der Waals surface area contributed by atoms with E-state index in [1.165, 1.54) is 0 Å². The van der Waals surface area contributed by atoms with Gasteiger partial charge in [0.1, 0.15) is 0 Å². The van der Waals surface area contributed by atoms with Crippen LogP contribution in [0.25, 0.3) is 0 Å². The fraction of sp³-hybridized carbons (Fsp3) is 1.00. The van der Waals surface area contributed by atoms with E-state index in [0.29, 0.717) is 13.2 Å². The number of likely N-dealkylation sites (N-methyl/N-ethyl adjacent to an activating group) is 1. The minimum atomic E-state index is -0.412. The van der Waals surface area contributed by atoms with Crippen LogP contribution >= 0.6 is 0 Å². The molecule has 0 fully saturated rings. The standard InChI is InChI=1S/C13H30N2O2/c1-6-7-8-17-10-12(16)9-14-11-13(2,3)15(4)5/h12,14,16H,6-11H2,1-5H3. The van der Waals surface area contributed by atoms with E-state index in [4.69, 9.17) is 4.74 Å². The summed E-state index contributed by atoms with van der Waals surface area (Å²) in [6, 6.07) is 0. The molecule has 0 saturated heterocycles. The van der Waals surface area contributed by atoms with Crippen LogP contribution in [-0.4, -0.2) is 62.0 Å². The maximum absolute atomic E-state index is 9.68. The van der Waals surface area contributed by atoms with E-state index < -0.39 is 6.10 Å². The molecule has 4 heteroatoms. The minimum absolute atomic E-state index is 0.1000. The lowest BCUT2D eigenvalue weighted by molar-refractivity contribution is 0.0342. The average molecular weight is 246 g/mol. The molecule has 104 valence electrons. The molecule has 17 heavy (non-hydrogen) atoms. The van der Waals surface area contributed by atoms with Gasteiger partial charge >= 0.3 is 0 Å².